The molecule has 0 bridgehead atoms. The number of hydrogen-bond acceptors (Lipinski definition) is 4. The van der Waals surface area contributed by atoms with Gasteiger partial charge in [0, 0.05) is 18.8 Å². The number of benzene rings is 2. The van der Waals surface area contributed by atoms with Gasteiger partial charge in [0.25, 0.3) is 0 Å². The van der Waals surface area contributed by atoms with Crippen molar-refractivity contribution in [1.82, 2.24) is 0 Å². The number of anilines is 1. The summed E-state index contributed by atoms with van der Waals surface area (Å²) in [6.45, 7) is 0.756. The SMILES string of the molecule is Oc1ccc2c(c1)CCCN2Cc1ccc(OC(F)(F)F)c(OC(F)(F)F)c1. The summed E-state index contributed by atoms with van der Waals surface area (Å²) in [6.07, 6.45) is -8.82. The molecule has 2 aromatic carbocycles. The number of phenolic OH excluding ortho intramolecular Hbond substituents is 1. The Bertz CT molecular complexity index is 850. The van der Waals surface area contributed by atoms with Gasteiger partial charge in [-0.2, -0.15) is 0 Å². The van der Waals surface area contributed by atoms with Crippen LogP contribution in [0.4, 0.5) is 32.0 Å². The van der Waals surface area contributed by atoms with Crippen LogP contribution in [0.25, 0.3) is 0 Å². The normalized spacial score (nSPS) is 14.6. The molecule has 0 aromatic heterocycles. The fraction of sp³-hybridized carbons (Fsp3) is 0.333. The molecule has 1 heterocycles. The van der Waals surface area contributed by atoms with E-state index in [1.165, 1.54) is 12.1 Å². The third-order valence-electron chi connectivity index (χ3n) is 4.11. The summed E-state index contributed by atoms with van der Waals surface area (Å²) in [7, 11) is 0. The Morgan fingerprint density at radius 3 is 2.25 bits per heavy atom. The first-order chi connectivity index (χ1) is 13.0. The van der Waals surface area contributed by atoms with Crippen molar-refractivity contribution in [2.24, 2.45) is 0 Å². The molecule has 0 saturated heterocycles. The topological polar surface area (TPSA) is 41.9 Å². The lowest BCUT2D eigenvalue weighted by atomic mass is 10.0. The van der Waals surface area contributed by atoms with Gasteiger partial charge < -0.3 is 19.5 Å². The second kappa shape index (κ2) is 7.33. The quantitative estimate of drug-likeness (QED) is 0.713. The van der Waals surface area contributed by atoms with Gasteiger partial charge in [0.05, 0.1) is 0 Å². The Balaban J connectivity index is 1.88. The minimum Gasteiger partial charge on any atom is -0.508 e. The highest BCUT2D eigenvalue weighted by Gasteiger charge is 2.36. The van der Waals surface area contributed by atoms with Crippen LogP contribution in [0.5, 0.6) is 17.2 Å². The van der Waals surface area contributed by atoms with Gasteiger partial charge in [0.15, 0.2) is 11.5 Å². The number of phenols is 1. The van der Waals surface area contributed by atoms with Crippen molar-refractivity contribution in [3.8, 4) is 17.2 Å². The lowest BCUT2D eigenvalue weighted by Crippen LogP contribution is -2.28. The van der Waals surface area contributed by atoms with E-state index >= 15 is 0 Å². The maximum Gasteiger partial charge on any atom is 0.573 e. The summed E-state index contributed by atoms with van der Waals surface area (Å²) in [5.41, 5.74) is 2.00. The molecule has 1 aliphatic rings. The molecule has 10 heteroatoms. The molecule has 28 heavy (non-hydrogen) atoms. The van der Waals surface area contributed by atoms with E-state index in [0.717, 1.165) is 36.2 Å². The molecule has 0 radical (unpaired) electrons. The Labute approximate surface area is 155 Å². The predicted molar refractivity (Wildman–Crippen MR) is 87.3 cm³/mol. The van der Waals surface area contributed by atoms with Gasteiger partial charge in [0.1, 0.15) is 5.75 Å². The molecule has 3 rings (SSSR count). The van der Waals surface area contributed by atoms with Crippen LogP contribution in [0.15, 0.2) is 36.4 Å². The first-order valence-electron chi connectivity index (χ1n) is 8.21. The summed E-state index contributed by atoms with van der Waals surface area (Å²) >= 11 is 0. The van der Waals surface area contributed by atoms with Gasteiger partial charge in [-0.1, -0.05) is 6.07 Å². The van der Waals surface area contributed by atoms with Crippen molar-refractivity contribution in [3.05, 3.63) is 47.5 Å². The number of halogens is 6. The minimum absolute atomic E-state index is 0.107. The first-order valence-corrected chi connectivity index (χ1v) is 8.21. The van der Waals surface area contributed by atoms with E-state index in [4.69, 9.17) is 0 Å². The molecular weight excluding hydrogens is 392 g/mol. The molecule has 0 saturated carbocycles. The van der Waals surface area contributed by atoms with Crippen LogP contribution in [-0.4, -0.2) is 24.4 Å². The number of nitrogens with zero attached hydrogens (tertiary/aromatic N) is 1. The van der Waals surface area contributed by atoms with Crippen molar-refractivity contribution < 1.29 is 40.9 Å². The van der Waals surface area contributed by atoms with Gasteiger partial charge in [-0.15, -0.1) is 26.3 Å². The van der Waals surface area contributed by atoms with E-state index in [9.17, 15) is 31.4 Å². The Kier molecular flexibility index (Phi) is 5.22. The second-order valence-corrected chi connectivity index (χ2v) is 6.21. The lowest BCUT2D eigenvalue weighted by Gasteiger charge is -2.31. The highest BCUT2D eigenvalue weighted by Crippen LogP contribution is 2.37. The van der Waals surface area contributed by atoms with E-state index in [2.05, 4.69) is 9.47 Å². The second-order valence-electron chi connectivity index (χ2n) is 6.21. The van der Waals surface area contributed by atoms with Crippen LogP contribution < -0.4 is 14.4 Å². The Hall–Kier alpha value is -2.78. The van der Waals surface area contributed by atoms with Crippen molar-refractivity contribution in [3.63, 3.8) is 0 Å². The molecular formula is C18H15F6NO3. The van der Waals surface area contributed by atoms with Gasteiger partial charge in [-0.3, -0.25) is 0 Å². The average Bonchev–Trinajstić information content (AvgIpc) is 2.54. The molecule has 0 spiro atoms. The fourth-order valence-electron chi connectivity index (χ4n) is 3.11. The standard InChI is InChI=1S/C18H15F6NO3/c19-17(20,21)27-15-6-3-11(8-16(15)28-18(22,23)24)10-25-7-1-2-12-9-13(26)4-5-14(12)25/h3-6,8-9,26H,1-2,7,10H2. The van der Waals surface area contributed by atoms with Crippen LogP contribution in [-0.2, 0) is 13.0 Å². The zero-order valence-corrected chi connectivity index (χ0v) is 14.3. The number of hydrogen-bond donors (Lipinski definition) is 1. The molecule has 0 aliphatic carbocycles. The van der Waals surface area contributed by atoms with E-state index in [1.54, 1.807) is 12.1 Å². The van der Waals surface area contributed by atoms with E-state index in [0.29, 0.717) is 12.1 Å². The molecule has 2 aromatic rings. The highest BCUT2D eigenvalue weighted by molar-refractivity contribution is 5.58. The number of rotatable bonds is 4. The van der Waals surface area contributed by atoms with Crippen molar-refractivity contribution >= 4 is 5.69 Å². The lowest BCUT2D eigenvalue weighted by molar-refractivity contribution is -0.287. The van der Waals surface area contributed by atoms with Crippen molar-refractivity contribution in [2.75, 3.05) is 11.4 Å². The maximum absolute atomic E-state index is 12.6. The van der Waals surface area contributed by atoms with Crippen LogP contribution in [0, 0.1) is 0 Å². The highest BCUT2D eigenvalue weighted by atomic mass is 19.4. The third-order valence-corrected chi connectivity index (χ3v) is 4.11. The smallest absolute Gasteiger partial charge is 0.508 e. The van der Waals surface area contributed by atoms with E-state index in [1.807, 2.05) is 4.90 Å². The molecule has 1 N–H and O–H groups in total. The van der Waals surface area contributed by atoms with Crippen LogP contribution >= 0.6 is 0 Å². The zero-order valence-electron chi connectivity index (χ0n) is 14.3. The van der Waals surface area contributed by atoms with Gasteiger partial charge >= 0.3 is 12.7 Å². The number of aryl methyl sites for hydroxylation is 1. The van der Waals surface area contributed by atoms with Gasteiger partial charge in [-0.25, -0.2) is 0 Å². The number of alkyl halides is 6. The largest absolute Gasteiger partial charge is 0.573 e. The summed E-state index contributed by atoms with van der Waals surface area (Å²) in [5, 5.41) is 9.58. The molecule has 0 amide bonds. The van der Waals surface area contributed by atoms with Crippen LogP contribution in [0.1, 0.15) is 17.5 Å². The van der Waals surface area contributed by atoms with Crippen molar-refractivity contribution in [2.45, 2.75) is 32.1 Å². The molecule has 0 fully saturated rings. The van der Waals surface area contributed by atoms with Crippen molar-refractivity contribution in [1.29, 1.82) is 0 Å². The molecule has 0 unspecified atom stereocenters. The Morgan fingerprint density at radius 1 is 0.893 bits per heavy atom. The summed E-state index contributed by atoms with van der Waals surface area (Å²) in [5.74, 6) is -2.03. The van der Waals surface area contributed by atoms with E-state index < -0.39 is 24.2 Å². The molecule has 0 atom stereocenters. The molecule has 1 aliphatic heterocycles. The number of aromatic hydroxyl groups is 1. The number of ether oxygens (including phenoxy) is 2. The maximum atomic E-state index is 12.6. The van der Waals surface area contributed by atoms with Crippen LogP contribution in [0.2, 0.25) is 0 Å². The Morgan fingerprint density at radius 2 is 1.57 bits per heavy atom. The molecule has 4 nitrogen and oxygen atoms in total. The third kappa shape index (κ3) is 5.14. The zero-order chi connectivity index (χ0) is 20.5. The number of fused-ring (bicyclic) bond motifs is 1. The fourth-order valence-corrected chi connectivity index (χ4v) is 3.11. The van der Waals surface area contributed by atoms with Gasteiger partial charge in [-0.05, 0) is 54.3 Å². The predicted octanol–water partition coefficient (Wildman–Crippen LogP) is 5.14. The van der Waals surface area contributed by atoms with Gasteiger partial charge in [0.2, 0.25) is 0 Å². The average molecular weight is 407 g/mol. The summed E-state index contributed by atoms with van der Waals surface area (Å²) < 4.78 is 82.4. The van der Waals surface area contributed by atoms with E-state index in [-0.39, 0.29) is 12.3 Å². The monoisotopic (exact) mass is 407 g/mol. The summed E-state index contributed by atoms with van der Waals surface area (Å²) in [4.78, 5) is 1.87. The molecule has 152 valence electrons. The minimum atomic E-state index is -5.17. The van der Waals surface area contributed by atoms with Crippen LogP contribution in [0.3, 0.4) is 0 Å². The summed E-state index contributed by atoms with van der Waals surface area (Å²) in [6, 6.07) is 7.72. The first kappa shape index (κ1) is 20.0.